The molecule has 1 aliphatic rings. The molecule has 0 radical (unpaired) electrons. The number of anilines is 1. The molecular formula is C21H22N4O3S. The van der Waals surface area contributed by atoms with Gasteiger partial charge in [-0.1, -0.05) is 18.6 Å². The van der Waals surface area contributed by atoms with Gasteiger partial charge in [-0.2, -0.15) is 5.10 Å². The van der Waals surface area contributed by atoms with E-state index in [4.69, 9.17) is 4.74 Å². The van der Waals surface area contributed by atoms with Crippen molar-refractivity contribution in [2.24, 2.45) is 0 Å². The topological polar surface area (TPSA) is 86.1 Å². The van der Waals surface area contributed by atoms with Gasteiger partial charge in [0.1, 0.15) is 12.3 Å². The van der Waals surface area contributed by atoms with E-state index in [1.54, 1.807) is 13.2 Å². The minimum atomic E-state index is -0.332. The highest BCUT2D eigenvalue weighted by Gasteiger charge is 2.16. The van der Waals surface area contributed by atoms with Gasteiger partial charge in [0.05, 0.1) is 18.5 Å². The molecule has 1 aliphatic carbocycles. The van der Waals surface area contributed by atoms with Crippen LogP contribution in [0.25, 0.3) is 11.3 Å². The lowest BCUT2D eigenvalue weighted by Gasteiger charge is -2.08. The number of rotatable bonds is 5. The number of hydrogen-bond acceptors (Lipinski definition) is 6. The number of carbonyl (C=O) groups is 1. The molecule has 0 atom stereocenters. The standard InChI is InChI=1S/C21H22N4O3S/c1-28-15-7-5-6-14(12-15)16-10-11-20(27)25(24-16)13-19(26)23-21-22-17-8-3-2-4-9-18(17)29-21/h5-7,10-12H,2-4,8-9,13H2,1H3,(H,22,23,26). The summed E-state index contributed by atoms with van der Waals surface area (Å²) in [5, 5.41) is 7.77. The van der Waals surface area contributed by atoms with Crippen molar-refractivity contribution >= 4 is 22.4 Å². The molecule has 29 heavy (non-hydrogen) atoms. The van der Waals surface area contributed by atoms with Crippen molar-refractivity contribution in [3.05, 3.63) is 57.3 Å². The van der Waals surface area contributed by atoms with Crippen LogP contribution in [-0.2, 0) is 24.2 Å². The van der Waals surface area contributed by atoms with E-state index in [0.29, 0.717) is 16.6 Å². The summed E-state index contributed by atoms with van der Waals surface area (Å²) < 4.78 is 6.41. The zero-order chi connectivity index (χ0) is 20.2. The van der Waals surface area contributed by atoms with Crippen LogP contribution < -0.4 is 15.6 Å². The van der Waals surface area contributed by atoms with Gasteiger partial charge in [0.2, 0.25) is 5.91 Å². The highest BCUT2D eigenvalue weighted by atomic mass is 32.1. The summed E-state index contributed by atoms with van der Waals surface area (Å²) in [5.41, 5.74) is 2.17. The minimum Gasteiger partial charge on any atom is -0.497 e. The fourth-order valence-electron chi connectivity index (χ4n) is 3.38. The molecular weight excluding hydrogens is 388 g/mol. The number of aryl methyl sites for hydroxylation is 2. The molecule has 2 aromatic heterocycles. The van der Waals surface area contributed by atoms with Crippen LogP contribution in [0.3, 0.4) is 0 Å². The number of nitrogens with one attached hydrogen (secondary N) is 1. The first kappa shape index (κ1) is 19.3. The number of ether oxygens (including phenoxy) is 1. The average molecular weight is 410 g/mol. The van der Waals surface area contributed by atoms with Gasteiger partial charge in [0.25, 0.3) is 5.56 Å². The Labute approximate surface area is 172 Å². The number of thiazole rings is 1. The highest BCUT2D eigenvalue weighted by molar-refractivity contribution is 7.15. The molecule has 0 fully saturated rings. The molecule has 7 nitrogen and oxygen atoms in total. The van der Waals surface area contributed by atoms with Gasteiger partial charge >= 0.3 is 0 Å². The predicted octanol–water partition coefficient (Wildman–Crippen LogP) is 3.28. The zero-order valence-electron chi connectivity index (χ0n) is 16.2. The number of amides is 1. The van der Waals surface area contributed by atoms with E-state index in [-0.39, 0.29) is 18.0 Å². The Balaban J connectivity index is 1.50. The second-order valence-corrected chi connectivity index (χ2v) is 8.03. The zero-order valence-corrected chi connectivity index (χ0v) is 17.0. The number of fused-ring (bicyclic) bond motifs is 1. The molecule has 2 heterocycles. The van der Waals surface area contributed by atoms with Crippen LogP contribution in [0, 0.1) is 0 Å². The maximum Gasteiger partial charge on any atom is 0.267 e. The van der Waals surface area contributed by atoms with E-state index in [2.05, 4.69) is 15.4 Å². The quantitative estimate of drug-likeness (QED) is 0.653. The molecule has 1 N–H and O–H groups in total. The first-order chi connectivity index (χ1) is 14.1. The van der Waals surface area contributed by atoms with Crippen molar-refractivity contribution in [3.8, 4) is 17.0 Å². The second-order valence-electron chi connectivity index (χ2n) is 6.94. The number of hydrogen-bond donors (Lipinski definition) is 1. The third kappa shape index (κ3) is 4.54. The molecule has 8 heteroatoms. The van der Waals surface area contributed by atoms with Crippen molar-refractivity contribution < 1.29 is 9.53 Å². The van der Waals surface area contributed by atoms with Gasteiger partial charge in [-0.25, -0.2) is 9.67 Å². The molecule has 3 aromatic rings. The summed E-state index contributed by atoms with van der Waals surface area (Å²) in [6.07, 6.45) is 5.51. The van der Waals surface area contributed by atoms with E-state index in [1.807, 2.05) is 24.3 Å². The summed E-state index contributed by atoms with van der Waals surface area (Å²) in [5.74, 6) is 0.384. The van der Waals surface area contributed by atoms with E-state index in [0.717, 1.165) is 30.5 Å². The van der Waals surface area contributed by atoms with Gasteiger partial charge in [0.15, 0.2) is 5.13 Å². The Morgan fingerprint density at radius 3 is 2.93 bits per heavy atom. The van der Waals surface area contributed by atoms with Crippen LogP contribution in [0.15, 0.2) is 41.2 Å². The maximum absolute atomic E-state index is 12.5. The monoisotopic (exact) mass is 410 g/mol. The number of carbonyl (C=O) groups excluding carboxylic acids is 1. The van der Waals surface area contributed by atoms with Crippen LogP contribution in [0.5, 0.6) is 5.75 Å². The smallest absolute Gasteiger partial charge is 0.267 e. The molecule has 0 saturated carbocycles. The van der Waals surface area contributed by atoms with Crippen molar-refractivity contribution in [2.45, 2.75) is 38.6 Å². The summed E-state index contributed by atoms with van der Waals surface area (Å²) in [6, 6.07) is 10.5. The Morgan fingerprint density at radius 1 is 1.21 bits per heavy atom. The van der Waals surface area contributed by atoms with Crippen LogP contribution in [0.4, 0.5) is 5.13 Å². The average Bonchev–Trinajstić information content (AvgIpc) is 2.97. The van der Waals surface area contributed by atoms with Gasteiger partial charge in [-0.3, -0.25) is 9.59 Å². The molecule has 150 valence electrons. The number of nitrogens with zero attached hydrogens (tertiary/aromatic N) is 3. The molecule has 0 aliphatic heterocycles. The number of aromatic nitrogens is 3. The van der Waals surface area contributed by atoms with Gasteiger partial charge in [0, 0.05) is 16.5 Å². The maximum atomic E-state index is 12.5. The fourth-order valence-corrected chi connectivity index (χ4v) is 4.44. The van der Waals surface area contributed by atoms with Crippen LogP contribution in [-0.4, -0.2) is 27.8 Å². The normalized spacial score (nSPS) is 13.4. The van der Waals surface area contributed by atoms with Crippen LogP contribution in [0.1, 0.15) is 29.8 Å². The molecule has 1 amide bonds. The second kappa shape index (κ2) is 8.57. The lowest BCUT2D eigenvalue weighted by molar-refractivity contribution is -0.117. The largest absolute Gasteiger partial charge is 0.497 e. The third-order valence-electron chi connectivity index (χ3n) is 4.87. The summed E-state index contributed by atoms with van der Waals surface area (Å²) in [7, 11) is 1.59. The molecule has 0 spiro atoms. The third-order valence-corrected chi connectivity index (χ3v) is 5.94. The lowest BCUT2D eigenvalue weighted by Crippen LogP contribution is -2.29. The van der Waals surface area contributed by atoms with E-state index in [9.17, 15) is 9.59 Å². The first-order valence-electron chi connectivity index (χ1n) is 9.63. The van der Waals surface area contributed by atoms with Crippen molar-refractivity contribution in [2.75, 3.05) is 12.4 Å². The fraction of sp³-hybridized carbons (Fsp3) is 0.333. The minimum absolute atomic E-state index is 0.166. The first-order valence-corrected chi connectivity index (χ1v) is 10.4. The Bertz CT molecular complexity index is 1070. The van der Waals surface area contributed by atoms with E-state index in [1.165, 1.54) is 39.8 Å². The van der Waals surface area contributed by atoms with Crippen molar-refractivity contribution in [1.82, 2.24) is 14.8 Å². The highest BCUT2D eigenvalue weighted by Crippen LogP contribution is 2.29. The van der Waals surface area contributed by atoms with Crippen molar-refractivity contribution in [3.63, 3.8) is 0 Å². The van der Waals surface area contributed by atoms with Crippen molar-refractivity contribution in [1.29, 1.82) is 0 Å². The van der Waals surface area contributed by atoms with Crippen LogP contribution >= 0.6 is 11.3 Å². The Hall–Kier alpha value is -3.00. The van der Waals surface area contributed by atoms with Crippen LogP contribution in [0.2, 0.25) is 0 Å². The predicted molar refractivity (Wildman–Crippen MR) is 112 cm³/mol. The SMILES string of the molecule is COc1cccc(-c2ccc(=O)n(CC(=O)Nc3nc4c(s3)CCCCC4)n2)c1. The number of methoxy groups -OCH3 is 1. The summed E-state index contributed by atoms with van der Waals surface area (Å²) >= 11 is 1.53. The lowest BCUT2D eigenvalue weighted by atomic mass is 10.1. The number of benzene rings is 1. The summed E-state index contributed by atoms with van der Waals surface area (Å²) in [4.78, 5) is 30.5. The molecule has 4 rings (SSSR count). The van der Waals surface area contributed by atoms with E-state index >= 15 is 0 Å². The molecule has 1 aromatic carbocycles. The van der Waals surface area contributed by atoms with Gasteiger partial charge in [-0.05, 0) is 43.9 Å². The Morgan fingerprint density at radius 2 is 2.07 bits per heavy atom. The summed E-state index contributed by atoms with van der Waals surface area (Å²) in [6.45, 7) is -0.166. The molecule has 0 saturated heterocycles. The molecule has 0 unspecified atom stereocenters. The van der Waals surface area contributed by atoms with E-state index < -0.39 is 0 Å². The van der Waals surface area contributed by atoms with Gasteiger partial charge in [-0.15, -0.1) is 11.3 Å². The van der Waals surface area contributed by atoms with Gasteiger partial charge < -0.3 is 10.1 Å². The molecule has 0 bridgehead atoms. The Kier molecular flexibility index (Phi) is 5.71.